The summed E-state index contributed by atoms with van der Waals surface area (Å²) in [5.41, 5.74) is 3.26. The van der Waals surface area contributed by atoms with E-state index in [4.69, 9.17) is 4.74 Å². The van der Waals surface area contributed by atoms with Gasteiger partial charge in [-0.3, -0.25) is 4.79 Å². The van der Waals surface area contributed by atoms with Crippen LogP contribution in [-0.2, 0) is 4.74 Å². The minimum Gasteiger partial charge on any atom is -0.376 e. The van der Waals surface area contributed by atoms with E-state index in [-0.39, 0.29) is 12.0 Å². The van der Waals surface area contributed by atoms with Gasteiger partial charge in [-0.15, -0.1) is 0 Å². The van der Waals surface area contributed by atoms with Crippen LogP contribution in [0.3, 0.4) is 0 Å². The summed E-state index contributed by atoms with van der Waals surface area (Å²) in [4.78, 5) is 14.8. The number of ether oxygens (including phenoxy) is 1. The number of likely N-dealkylation sites (tertiary alicyclic amines) is 1. The molecule has 2 heterocycles. The average molecular weight is 339 g/mol. The van der Waals surface area contributed by atoms with E-state index in [2.05, 4.69) is 17.1 Å². The number of hydrogen-bond acceptors (Lipinski definition) is 4. The van der Waals surface area contributed by atoms with E-state index in [0.717, 1.165) is 49.4 Å². The fourth-order valence-electron chi connectivity index (χ4n) is 3.09. The molecule has 0 N–H and O–H groups in total. The van der Waals surface area contributed by atoms with Crippen LogP contribution >= 0.6 is 0 Å². The second-order valence-corrected chi connectivity index (χ2v) is 6.53. The third-order valence-electron chi connectivity index (χ3n) is 4.43. The van der Waals surface area contributed by atoms with Crippen molar-refractivity contribution in [1.82, 2.24) is 15.1 Å². The van der Waals surface area contributed by atoms with E-state index in [1.54, 1.807) is 0 Å². The molecule has 1 aromatic heterocycles. The lowest BCUT2D eigenvalue weighted by Gasteiger charge is -2.32. The molecule has 0 radical (unpaired) electrons. The van der Waals surface area contributed by atoms with Gasteiger partial charge in [-0.05, 0) is 50.5 Å². The number of nitrogens with zero attached hydrogens (tertiary/aromatic N) is 3. The Morgan fingerprint density at radius 1 is 1.28 bits per heavy atom. The van der Waals surface area contributed by atoms with Crippen LogP contribution in [0, 0.1) is 6.92 Å². The highest BCUT2D eigenvalue weighted by Crippen LogP contribution is 2.21. The third kappa shape index (κ3) is 4.42. The van der Waals surface area contributed by atoms with Gasteiger partial charge in [0.1, 0.15) is 0 Å². The van der Waals surface area contributed by atoms with Crippen molar-refractivity contribution in [2.24, 2.45) is 0 Å². The molecule has 1 fully saturated rings. The molecule has 5 heteroatoms. The predicted molar refractivity (Wildman–Crippen MR) is 97.4 cm³/mol. The van der Waals surface area contributed by atoms with Crippen LogP contribution < -0.4 is 0 Å². The molecule has 1 aromatic carbocycles. The maximum Gasteiger partial charge on any atom is 0.253 e. The van der Waals surface area contributed by atoms with Crippen molar-refractivity contribution in [3.05, 3.63) is 47.7 Å². The summed E-state index contributed by atoms with van der Waals surface area (Å²) < 4.78 is 5.84. The number of amides is 1. The van der Waals surface area contributed by atoms with Crippen LogP contribution in [0.25, 0.3) is 11.3 Å². The van der Waals surface area contributed by atoms with Gasteiger partial charge in [-0.2, -0.15) is 10.2 Å². The first-order valence-corrected chi connectivity index (χ1v) is 8.99. The number of aryl methyl sites for hydroxylation is 1. The van der Waals surface area contributed by atoms with Crippen molar-refractivity contribution in [2.45, 2.75) is 39.2 Å². The van der Waals surface area contributed by atoms with Gasteiger partial charge < -0.3 is 9.64 Å². The Hall–Kier alpha value is -2.27. The molecule has 1 aliphatic rings. The zero-order chi connectivity index (χ0) is 17.6. The number of rotatable bonds is 5. The Morgan fingerprint density at radius 3 is 2.92 bits per heavy atom. The summed E-state index contributed by atoms with van der Waals surface area (Å²) >= 11 is 0. The van der Waals surface area contributed by atoms with Crippen molar-refractivity contribution in [2.75, 3.05) is 19.7 Å². The van der Waals surface area contributed by atoms with E-state index in [9.17, 15) is 4.79 Å². The van der Waals surface area contributed by atoms with Crippen LogP contribution in [-0.4, -0.2) is 46.8 Å². The smallest absolute Gasteiger partial charge is 0.253 e. The Balaban J connectivity index is 1.73. The van der Waals surface area contributed by atoms with Crippen molar-refractivity contribution < 1.29 is 9.53 Å². The third-order valence-corrected chi connectivity index (χ3v) is 4.43. The topological polar surface area (TPSA) is 55.3 Å². The van der Waals surface area contributed by atoms with E-state index in [1.807, 2.05) is 48.2 Å². The van der Waals surface area contributed by atoms with E-state index < -0.39 is 0 Å². The Labute approximate surface area is 149 Å². The van der Waals surface area contributed by atoms with Crippen molar-refractivity contribution in [3.63, 3.8) is 0 Å². The average Bonchev–Trinajstić information content (AvgIpc) is 2.66. The molecule has 0 saturated carbocycles. The summed E-state index contributed by atoms with van der Waals surface area (Å²) in [6.45, 7) is 6.23. The Kier molecular flexibility index (Phi) is 5.76. The first-order valence-electron chi connectivity index (χ1n) is 8.99. The lowest BCUT2D eigenvalue weighted by molar-refractivity contribution is 0.00211. The first-order chi connectivity index (χ1) is 12.2. The van der Waals surface area contributed by atoms with Gasteiger partial charge in [0.2, 0.25) is 0 Å². The summed E-state index contributed by atoms with van der Waals surface area (Å²) in [5, 5.41) is 8.31. The minimum absolute atomic E-state index is 0.0618. The Bertz CT molecular complexity index is 715. The van der Waals surface area contributed by atoms with Crippen LogP contribution in [0.1, 0.15) is 42.2 Å². The number of carbonyl (C=O) groups is 1. The van der Waals surface area contributed by atoms with Gasteiger partial charge in [0.05, 0.1) is 17.5 Å². The lowest BCUT2D eigenvalue weighted by Crippen LogP contribution is -2.43. The number of hydrogen-bond donors (Lipinski definition) is 0. The summed E-state index contributed by atoms with van der Waals surface area (Å²) in [7, 11) is 0. The molecule has 2 aromatic rings. The van der Waals surface area contributed by atoms with E-state index in [1.165, 1.54) is 0 Å². The van der Waals surface area contributed by atoms with Crippen LogP contribution in [0.15, 0.2) is 36.4 Å². The first kappa shape index (κ1) is 17.5. The largest absolute Gasteiger partial charge is 0.376 e. The lowest BCUT2D eigenvalue weighted by atomic mass is 10.0. The molecule has 1 atom stereocenters. The van der Waals surface area contributed by atoms with Gasteiger partial charge in [0, 0.05) is 30.8 Å². The molecule has 0 aliphatic carbocycles. The summed E-state index contributed by atoms with van der Waals surface area (Å²) in [5.74, 6) is 0.0618. The van der Waals surface area contributed by atoms with E-state index in [0.29, 0.717) is 12.1 Å². The molecule has 0 bridgehead atoms. The molecule has 132 valence electrons. The normalized spacial score (nSPS) is 17.5. The predicted octanol–water partition coefficient (Wildman–Crippen LogP) is 3.48. The number of benzene rings is 1. The zero-order valence-electron chi connectivity index (χ0n) is 14.9. The van der Waals surface area contributed by atoms with Crippen molar-refractivity contribution >= 4 is 5.91 Å². The van der Waals surface area contributed by atoms with E-state index >= 15 is 0 Å². The molecule has 5 nitrogen and oxygen atoms in total. The molecule has 3 rings (SSSR count). The maximum atomic E-state index is 12.9. The summed E-state index contributed by atoms with van der Waals surface area (Å²) in [6.07, 6.45) is 3.18. The molecule has 0 spiro atoms. The standard InChI is InChI=1S/C20H25N3O2/c1-3-12-25-18-8-5-11-23(14-18)20(24)17-7-4-6-16(13-17)19-10-9-15(2)21-22-19/h4,6-7,9-10,13,18H,3,5,8,11-12,14H2,1-2H3. The highest BCUT2D eigenvalue weighted by atomic mass is 16.5. The molecule has 1 unspecified atom stereocenters. The highest BCUT2D eigenvalue weighted by Gasteiger charge is 2.25. The molecular weight excluding hydrogens is 314 g/mol. The summed E-state index contributed by atoms with van der Waals surface area (Å²) in [6, 6.07) is 11.5. The van der Waals surface area contributed by atoms with Crippen LogP contribution in [0.4, 0.5) is 0 Å². The van der Waals surface area contributed by atoms with Gasteiger partial charge in [0.25, 0.3) is 5.91 Å². The van der Waals surface area contributed by atoms with Crippen molar-refractivity contribution in [1.29, 1.82) is 0 Å². The molecule has 1 aliphatic heterocycles. The SMILES string of the molecule is CCCOC1CCCN(C(=O)c2cccc(-c3ccc(C)nn3)c2)C1. The van der Waals surface area contributed by atoms with Crippen LogP contribution in [0.5, 0.6) is 0 Å². The van der Waals surface area contributed by atoms with Gasteiger partial charge in [-0.25, -0.2) is 0 Å². The molecule has 25 heavy (non-hydrogen) atoms. The molecule has 1 saturated heterocycles. The van der Waals surface area contributed by atoms with Crippen LogP contribution in [0.2, 0.25) is 0 Å². The minimum atomic E-state index is 0.0618. The highest BCUT2D eigenvalue weighted by molar-refractivity contribution is 5.95. The monoisotopic (exact) mass is 339 g/mol. The second kappa shape index (κ2) is 8.21. The van der Waals surface area contributed by atoms with Crippen molar-refractivity contribution in [3.8, 4) is 11.3 Å². The molecule has 1 amide bonds. The van der Waals surface area contributed by atoms with Gasteiger partial charge >= 0.3 is 0 Å². The zero-order valence-corrected chi connectivity index (χ0v) is 14.9. The number of carbonyl (C=O) groups excluding carboxylic acids is 1. The quantitative estimate of drug-likeness (QED) is 0.837. The number of aromatic nitrogens is 2. The fourth-order valence-corrected chi connectivity index (χ4v) is 3.09. The Morgan fingerprint density at radius 2 is 2.16 bits per heavy atom. The van der Waals surface area contributed by atoms with Gasteiger partial charge in [0.15, 0.2) is 0 Å². The number of piperidine rings is 1. The maximum absolute atomic E-state index is 12.9. The van der Waals surface area contributed by atoms with Gasteiger partial charge in [-0.1, -0.05) is 19.1 Å². The molecular formula is C20H25N3O2. The fraction of sp³-hybridized carbons (Fsp3) is 0.450. The second-order valence-electron chi connectivity index (χ2n) is 6.53.